The fourth-order valence-corrected chi connectivity index (χ4v) is 1.45. The van der Waals surface area contributed by atoms with Gasteiger partial charge in [0.1, 0.15) is 0 Å². The summed E-state index contributed by atoms with van der Waals surface area (Å²) in [6.07, 6.45) is 2.56. The van der Waals surface area contributed by atoms with Gasteiger partial charge in [-0.25, -0.2) is 4.79 Å². The maximum atomic E-state index is 11.3. The van der Waals surface area contributed by atoms with Crippen LogP contribution in [0.15, 0.2) is 11.3 Å². The van der Waals surface area contributed by atoms with Crippen LogP contribution in [-0.2, 0) is 14.3 Å². The molecule has 0 atom stereocenters. The van der Waals surface area contributed by atoms with Gasteiger partial charge in [-0.05, 0) is 26.2 Å². The molecule has 4 heteroatoms. The predicted molar refractivity (Wildman–Crippen MR) is 49.8 cm³/mol. The largest absolute Gasteiger partial charge is 0.502 e. The molecule has 1 saturated carbocycles. The molecule has 1 N–H and O–H groups in total. The summed E-state index contributed by atoms with van der Waals surface area (Å²) in [4.78, 5) is 22.4. The van der Waals surface area contributed by atoms with Gasteiger partial charge in [-0.1, -0.05) is 0 Å². The first-order valence-corrected chi connectivity index (χ1v) is 4.79. The van der Waals surface area contributed by atoms with E-state index in [1.165, 1.54) is 0 Å². The highest BCUT2D eigenvalue weighted by atomic mass is 16.5. The topological polar surface area (TPSA) is 63.6 Å². The number of ether oxygens (including phenoxy) is 1. The van der Waals surface area contributed by atoms with Gasteiger partial charge in [-0.15, -0.1) is 0 Å². The molecule has 0 radical (unpaired) electrons. The maximum absolute atomic E-state index is 11.3. The molecule has 0 saturated heterocycles. The second kappa shape index (κ2) is 4.79. The monoisotopic (exact) mass is 198 g/mol. The van der Waals surface area contributed by atoms with Crippen LogP contribution in [0.5, 0.6) is 0 Å². The summed E-state index contributed by atoms with van der Waals surface area (Å²) in [6.45, 7) is 1.85. The first-order chi connectivity index (χ1) is 6.66. The number of hydrogen-bond acceptors (Lipinski definition) is 4. The molecule has 4 nitrogen and oxygen atoms in total. The third-order valence-corrected chi connectivity index (χ3v) is 2.17. The Morgan fingerprint density at radius 2 is 2.07 bits per heavy atom. The first-order valence-electron chi connectivity index (χ1n) is 4.79. The Labute approximate surface area is 82.6 Å². The van der Waals surface area contributed by atoms with E-state index in [1.807, 2.05) is 0 Å². The SMILES string of the molecule is CCOC(=O)/C(O)=C1\CCCCC1=O. The second-order valence-corrected chi connectivity index (χ2v) is 3.18. The van der Waals surface area contributed by atoms with Crippen LogP contribution in [0.1, 0.15) is 32.6 Å². The summed E-state index contributed by atoms with van der Waals surface area (Å²) < 4.78 is 4.61. The average Bonchev–Trinajstić information content (AvgIpc) is 2.18. The highest BCUT2D eigenvalue weighted by molar-refractivity contribution is 6.02. The molecule has 1 rings (SSSR count). The van der Waals surface area contributed by atoms with Gasteiger partial charge in [0.05, 0.1) is 6.61 Å². The molecule has 0 amide bonds. The second-order valence-electron chi connectivity index (χ2n) is 3.18. The van der Waals surface area contributed by atoms with Crippen molar-refractivity contribution in [2.24, 2.45) is 0 Å². The normalized spacial score (nSPS) is 20.5. The van der Waals surface area contributed by atoms with Crippen molar-refractivity contribution in [3.8, 4) is 0 Å². The molecule has 1 fully saturated rings. The lowest BCUT2D eigenvalue weighted by atomic mass is 9.92. The lowest BCUT2D eigenvalue weighted by Crippen LogP contribution is -2.17. The quantitative estimate of drug-likeness (QED) is 0.415. The van der Waals surface area contributed by atoms with E-state index in [0.29, 0.717) is 12.8 Å². The fourth-order valence-electron chi connectivity index (χ4n) is 1.45. The number of carbonyl (C=O) groups excluding carboxylic acids is 2. The summed E-state index contributed by atoms with van der Waals surface area (Å²) in [7, 11) is 0. The Morgan fingerprint density at radius 3 is 2.64 bits per heavy atom. The zero-order valence-corrected chi connectivity index (χ0v) is 8.21. The summed E-state index contributed by atoms with van der Waals surface area (Å²) in [5.41, 5.74) is 0.231. The van der Waals surface area contributed by atoms with Gasteiger partial charge in [-0.2, -0.15) is 0 Å². The number of ketones is 1. The lowest BCUT2D eigenvalue weighted by molar-refractivity contribution is -0.142. The molecule has 1 aliphatic rings. The Bertz CT molecular complexity index is 278. The van der Waals surface area contributed by atoms with Crippen LogP contribution >= 0.6 is 0 Å². The number of Topliss-reactive ketones (excluding diaryl/α,β-unsaturated/α-hetero) is 1. The van der Waals surface area contributed by atoms with E-state index in [4.69, 9.17) is 0 Å². The number of carbonyl (C=O) groups is 2. The van der Waals surface area contributed by atoms with Crippen LogP contribution in [0.4, 0.5) is 0 Å². The minimum atomic E-state index is -0.794. The van der Waals surface area contributed by atoms with Crippen LogP contribution in [0, 0.1) is 0 Å². The van der Waals surface area contributed by atoms with Gasteiger partial charge >= 0.3 is 5.97 Å². The minimum Gasteiger partial charge on any atom is -0.502 e. The molecule has 0 unspecified atom stereocenters. The number of aliphatic hydroxyl groups excluding tert-OH is 1. The molecule has 14 heavy (non-hydrogen) atoms. The molecule has 0 bridgehead atoms. The Balaban J connectivity index is 2.79. The Hall–Kier alpha value is -1.32. The average molecular weight is 198 g/mol. The number of esters is 1. The van der Waals surface area contributed by atoms with Gasteiger partial charge in [0.25, 0.3) is 0 Å². The van der Waals surface area contributed by atoms with Crippen LogP contribution in [0.2, 0.25) is 0 Å². The Kier molecular flexibility index (Phi) is 3.68. The van der Waals surface area contributed by atoms with Crippen LogP contribution < -0.4 is 0 Å². The van der Waals surface area contributed by atoms with E-state index < -0.39 is 11.7 Å². The van der Waals surface area contributed by atoms with Crippen LogP contribution in [-0.4, -0.2) is 23.5 Å². The standard InChI is InChI=1S/C10H14O4/c1-2-14-10(13)9(12)7-5-3-4-6-8(7)11/h12H,2-6H2,1H3/b9-7-. The molecule has 78 valence electrons. The van der Waals surface area contributed by atoms with E-state index in [-0.39, 0.29) is 18.0 Å². The molecular weight excluding hydrogens is 184 g/mol. The van der Waals surface area contributed by atoms with Crippen molar-refractivity contribution < 1.29 is 19.4 Å². The number of aliphatic hydroxyl groups is 1. The van der Waals surface area contributed by atoms with Crippen molar-refractivity contribution in [1.82, 2.24) is 0 Å². The smallest absolute Gasteiger partial charge is 0.373 e. The number of allylic oxidation sites excluding steroid dienone is 1. The van der Waals surface area contributed by atoms with Crippen molar-refractivity contribution in [2.45, 2.75) is 32.6 Å². The van der Waals surface area contributed by atoms with Crippen molar-refractivity contribution in [1.29, 1.82) is 0 Å². The molecule has 1 aliphatic carbocycles. The minimum absolute atomic E-state index is 0.137. The Morgan fingerprint density at radius 1 is 1.43 bits per heavy atom. The summed E-state index contributed by atoms with van der Waals surface area (Å²) in [5, 5.41) is 9.43. The van der Waals surface area contributed by atoms with Crippen molar-refractivity contribution in [2.75, 3.05) is 6.61 Å². The van der Waals surface area contributed by atoms with Gasteiger partial charge in [0.15, 0.2) is 5.78 Å². The van der Waals surface area contributed by atoms with E-state index in [9.17, 15) is 14.7 Å². The van der Waals surface area contributed by atoms with Crippen LogP contribution in [0.25, 0.3) is 0 Å². The van der Waals surface area contributed by atoms with Crippen molar-refractivity contribution >= 4 is 11.8 Å². The molecule has 0 aromatic carbocycles. The van der Waals surface area contributed by atoms with E-state index in [2.05, 4.69) is 4.74 Å². The lowest BCUT2D eigenvalue weighted by Gasteiger charge is -2.13. The molecular formula is C10H14O4. The molecule has 0 spiro atoms. The molecule has 0 aliphatic heterocycles. The highest BCUT2D eigenvalue weighted by Crippen LogP contribution is 2.22. The molecule has 0 aromatic heterocycles. The van der Waals surface area contributed by atoms with E-state index in [0.717, 1.165) is 12.8 Å². The molecule has 0 heterocycles. The van der Waals surface area contributed by atoms with Gasteiger partial charge in [0.2, 0.25) is 5.76 Å². The van der Waals surface area contributed by atoms with Gasteiger partial charge in [-0.3, -0.25) is 4.79 Å². The molecule has 0 aromatic rings. The van der Waals surface area contributed by atoms with Gasteiger partial charge in [0, 0.05) is 12.0 Å². The van der Waals surface area contributed by atoms with E-state index in [1.54, 1.807) is 6.92 Å². The summed E-state index contributed by atoms with van der Waals surface area (Å²) in [6, 6.07) is 0. The van der Waals surface area contributed by atoms with Crippen molar-refractivity contribution in [3.05, 3.63) is 11.3 Å². The third-order valence-electron chi connectivity index (χ3n) is 2.17. The zero-order chi connectivity index (χ0) is 10.6. The maximum Gasteiger partial charge on any atom is 0.373 e. The number of hydrogen-bond donors (Lipinski definition) is 1. The third kappa shape index (κ3) is 2.34. The van der Waals surface area contributed by atoms with E-state index >= 15 is 0 Å². The highest BCUT2D eigenvalue weighted by Gasteiger charge is 2.23. The van der Waals surface area contributed by atoms with Crippen LogP contribution in [0.3, 0.4) is 0 Å². The summed E-state index contributed by atoms with van der Waals surface area (Å²) in [5.74, 6) is -1.43. The number of rotatable bonds is 2. The fraction of sp³-hybridized carbons (Fsp3) is 0.600. The summed E-state index contributed by atoms with van der Waals surface area (Å²) >= 11 is 0. The van der Waals surface area contributed by atoms with Gasteiger partial charge < -0.3 is 9.84 Å². The zero-order valence-electron chi connectivity index (χ0n) is 8.21. The van der Waals surface area contributed by atoms with Crippen molar-refractivity contribution in [3.63, 3.8) is 0 Å². The predicted octanol–water partition coefficient (Wildman–Crippen LogP) is 1.50. The first kappa shape index (κ1) is 10.8.